The molecular weight excluding hydrogens is 306 g/mol. The number of hydrogen-bond donors (Lipinski definition) is 2. The van der Waals surface area contributed by atoms with Crippen molar-refractivity contribution in [2.24, 2.45) is 5.73 Å². The van der Waals surface area contributed by atoms with Crippen LogP contribution in [0.5, 0.6) is 0 Å². The number of rotatable bonds is 4. The summed E-state index contributed by atoms with van der Waals surface area (Å²) in [7, 11) is 0. The molecule has 0 radical (unpaired) electrons. The SMILES string of the molecule is NC(=O)c1ncn(C2CCCN(Cc3cccc4cn[nH]c34)C2)n1. The Morgan fingerprint density at radius 1 is 1.42 bits per heavy atom. The molecule has 1 unspecified atom stereocenters. The third-order valence-electron chi connectivity index (χ3n) is 4.54. The van der Waals surface area contributed by atoms with Gasteiger partial charge in [0.05, 0.1) is 17.8 Å². The standard InChI is InChI=1S/C16H19N7O/c17-15(24)16-18-10-23(21-16)13-5-2-6-22(9-13)8-12-4-1-3-11-7-19-20-14(11)12/h1,3-4,7,10,13H,2,5-6,8-9H2,(H2,17,24)(H,19,20). The second-order valence-electron chi connectivity index (χ2n) is 6.19. The lowest BCUT2D eigenvalue weighted by Crippen LogP contribution is -2.36. The summed E-state index contributed by atoms with van der Waals surface area (Å²) in [6, 6.07) is 6.46. The van der Waals surface area contributed by atoms with Crippen molar-refractivity contribution in [1.29, 1.82) is 0 Å². The molecule has 8 heteroatoms. The molecule has 124 valence electrons. The lowest BCUT2D eigenvalue weighted by atomic mass is 10.0. The molecule has 0 bridgehead atoms. The number of primary amides is 1. The number of aromatic nitrogens is 5. The third kappa shape index (κ3) is 2.76. The fourth-order valence-corrected chi connectivity index (χ4v) is 3.36. The second kappa shape index (κ2) is 6.04. The Morgan fingerprint density at radius 3 is 3.17 bits per heavy atom. The molecule has 0 saturated carbocycles. The number of nitrogens with two attached hydrogens (primary N) is 1. The first-order chi connectivity index (χ1) is 11.7. The van der Waals surface area contributed by atoms with Crippen LogP contribution in [0.3, 0.4) is 0 Å². The minimum absolute atomic E-state index is 0.0781. The Bertz CT molecular complexity index is 868. The van der Waals surface area contributed by atoms with Crippen LogP contribution in [0.2, 0.25) is 0 Å². The molecule has 0 spiro atoms. The van der Waals surface area contributed by atoms with Crippen LogP contribution < -0.4 is 5.73 Å². The molecule has 8 nitrogen and oxygen atoms in total. The van der Waals surface area contributed by atoms with E-state index in [1.54, 1.807) is 11.0 Å². The summed E-state index contributed by atoms with van der Waals surface area (Å²) >= 11 is 0. The van der Waals surface area contributed by atoms with E-state index >= 15 is 0 Å². The number of carbonyl (C=O) groups excluding carboxylic acids is 1. The molecule has 4 rings (SSSR count). The lowest BCUT2D eigenvalue weighted by Gasteiger charge is -2.32. The van der Waals surface area contributed by atoms with E-state index in [9.17, 15) is 4.79 Å². The Hall–Kier alpha value is -2.74. The van der Waals surface area contributed by atoms with Gasteiger partial charge in [0.1, 0.15) is 6.33 Å². The van der Waals surface area contributed by atoms with Crippen molar-refractivity contribution < 1.29 is 4.79 Å². The maximum atomic E-state index is 11.2. The van der Waals surface area contributed by atoms with E-state index in [4.69, 9.17) is 5.73 Å². The first-order valence-electron chi connectivity index (χ1n) is 8.05. The van der Waals surface area contributed by atoms with E-state index in [0.717, 1.165) is 43.4 Å². The highest BCUT2D eigenvalue weighted by Gasteiger charge is 2.23. The highest BCUT2D eigenvalue weighted by atomic mass is 16.1. The van der Waals surface area contributed by atoms with Crippen LogP contribution in [-0.2, 0) is 6.54 Å². The fraction of sp³-hybridized carbons (Fsp3) is 0.375. The number of carbonyl (C=O) groups is 1. The number of nitrogens with one attached hydrogen (secondary N) is 1. The normalized spacial score (nSPS) is 18.9. The lowest BCUT2D eigenvalue weighted by molar-refractivity contribution is 0.0989. The van der Waals surface area contributed by atoms with Crippen LogP contribution in [0.15, 0.2) is 30.7 Å². The van der Waals surface area contributed by atoms with Gasteiger partial charge in [0.15, 0.2) is 0 Å². The maximum Gasteiger partial charge on any atom is 0.288 e. The Kier molecular flexibility index (Phi) is 3.73. The first-order valence-corrected chi connectivity index (χ1v) is 8.05. The monoisotopic (exact) mass is 325 g/mol. The predicted molar refractivity (Wildman–Crippen MR) is 88.2 cm³/mol. The largest absolute Gasteiger partial charge is 0.363 e. The van der Waals surface area contributed by atoms with Gasteiger partial charge in [0.25, 0.3) is 5.91 Å². The molecule has 1 aliphatic rings. The third-order valence-corrected chi connectivity index (χ3v) is 4.54. The van der Waals surface area contributed by atoms with Crippen molar-refractivity contribution in [2.75, 3.05) is 13.1 Å². The number of para-hydroxylation sites is 1. The molecule has 2 aromatic heterocycles. The molecule has 1 saturated heterocycles. The fourth-order valence-electron chi connectivity index (χ4n) is 3.36. The highest BCUT2D eigenvalue weighted by molar-refractivity contribution is 5.88. The molecule has 3 N–H and O–H groups in total. The summed E-state index contributed by atoms with van der Waals surface area (Å²) in [6.07, 6.45) is 5.55. The first kappa shape index (κ1) is 14.8. The van der Waals surface area contributed by atoms with Crippen LogP contribution in [0.25, 0.3) is 10.9 Å². The molecule has 1 aromatic carbocycles. The number of nitrogens with zero attached hydrogens (tertiary/aromatic N) is 5. The van der Waals surface area contributed by atoms with Gasteiger partial charge in [0, 0.05) is 18.5 Å². The van der Waals surface area contributed by atoms with Gasteiger partial charge >= 0.3 is 0 Å². The van der Waals surface area contributed by atoms with Crippen molar-refractivity contribution in [1.82, 2.24) is 29.9 Å². The van der Waals surface area contributed by atoms with E-state index in [1.807, 2.05) is 6.20 Å². The van der Waals surface area contributed by atoms with E-state index < -0.39 is 5.91 Å². The van der Waals surface area contributed by atoms with Gasteiger partial charge in [-0.05, 0) is 24.9 Å². The van der Waals surface area contributed by atoms with Crippen molar-refractivity contribution in [3.8, 4) is 0 Å². The minimum atomic E-state index is -0.590. The summed E-state index contributed by atoms with van der Waals surface area (Å²) < 4.78 is 1.77. The van der Waals surface area contributed by atoms with Gasteiger partial charge in [-0.3, -0.25) is 14.8 Å². The zero-order chi connectivity index (χ0) is 16.5. The number of benzene rings is 1. The van der Waals surface area contributed by atoms with Gasteiger partial charge in [0.2, 0.25) is 5.82 Å². The topological polar surface area (TPSA) is 106 Å². The summed E-state index contributed by atoms with van der Waals surface area (Å²) in [4.78, 5) is 17.5. The van der Waals surface area contributed by atoms with Gasteiger partial charge in [-0.2, -0.15) is 5.10 Å². The van der Waals surface area contributed by atoms with E-state index in [0.29, 0.717) is 0 Å². The average Bonchev–Trinajstić information content (AvgIpc) is 3.25. The molecule has 1 amide bonds. The maximum absolute atomic E-state index is 11.2. The van der Waals surface area contributed by atoms with Crippen molar-refractivity contribution in [3.63, 3.8) is 0 Å². The number of likely N-dealkylation sites (tertiary alicyclic amines) is 1. The predicted octanol–water partition coefficient (Wildman–Crippen LogP) is 1.09. The van der Waals surface area contributed by atoms with Gasteiger partial charge in [-0.25, -0.2) is 9.67 Å². The summed E-state index contributed by atoms with van der Waals surface area (Å²) in [6.45, 7) is 2.76. The zero-order valence-electron chi connectivity index (χ0n) is 13.2. The van der Waals surface area contributed by atoms with E-state index in [2.05, 4.69) is 43.4 Å². The second-order valence-corrected chi connectivity index (χ2v) is 6.19. The summed E-state index contributed by atoms with van der Waals surface area (Å²) in [5.74, 6) is -0.512. The average molecular weight is 325 g/mol. The quantitative estimate of drug-likeness (QED) is 0.747. The molecular formula is C16H19N7O. The molecule has 1 fully saturated rings. The van der Waals surface area contributed by atoms with Crippen LogP contribution in [0, 0.1) is 0 Å². The Labute approximate surface area is 138 Å². The number of piperidine rings is 1. The number of amides is 1. The zero-order valence-corrected chi connectivity index (χ0v) is 13.2. The van der Waals surface area contributed by atoms with E-state index in [-0.39, 0.29) is 11.9 Å². The van der Waals surface area contributed by atoms with Gasteiger partial charge < -0.3 is 5.73 Å². The van der Waals surface area contributed by atoms with Crippen molar-refractivity contribution in [2.45, 2.75) is 25.4 Å². The summed E-state index contributed by atoms with van der Waals surface area (Å²) in [5.41, 5.74) is 7.56. The number of aromatic amines is 1. The number of H-pyrrole nitrogens is 1. The minimum Gasteiger partial charge on any atom is -0.363 e. The number of hydrogen-bond acceptors (Lipinski definition) is 5. The van der Waals surface area contributed by atoms with Crippen LogP contribution in [0.4, 0.5) is 0 Å². The van der Waals surface area contributed by atoms with Gasteiger partial charge in [-0.1, -0.05) is 18.2 Å². The molecule has 0 aliphatic carbocycles. The smallest absolute Gasteiger partial charge is 0.288 e. The molecule has 3 aromatic rings. The van der Waals surface area contributed by atoms with E-state index in [1.165, 1.54) is 5.56 Å². The van der Waals surface area contributed by atoms with Crippen LogP contribution in [0.1, 0.15) is 35.1 Å². The van der Waals surface area contributed by atoms with Gasteiger partial charge in [-0.15, -0.1) is 5.10 Å². The molecule has 3 heterocycles. The molecule has 1 aliphatic heterocycles. The Balaban J connectivity index is 1.50. The van der Waals surface area contributed by atoms with Crippen LogP contribution >= 0.6 is 0 Å². The highest BCUT2D eigenvalue weighted by Crippen LogP contribution is 2.24. The van der Waals surface area contributed by atoms with Crippen molar-refractivity contribution >= 4 is 16.8 Å². The van der Waals surface area contributed by atoms with Crippen LogP contribution in [-0.4, -0.2) is 48.9 Å². The Morgan fingerprint density at radius 2 is 2.33 bits per heavy atom. The molecule has 1 atom stereocenters. The van der Waals surface area contributed by atoms with Crippen molar-refractivity contribution in [3.05, 3.63) is 42.1 Å². The molecule has 24 heavy (non-hydrogen) atoms. The number of fused-ring (bicyclic) bond motifs is 1. The summed E-state index contributed by atoms with van der Waals surface area (Å²) in [5, 5.41) is 12.5.